The van der Waals surface area contributed by atoms with Gasteiger partial charge in [-0.2, -0.15) is 0 Å². The molecule has 2 aromatic heterocycles. The molecule has 150 valence electrons. The van der Waals surface area contributed by atoms with E-state index in [9.17, 15) is 9.18 Å². The molecule has 0 spiro atoms. The number of aromatic nitrogens is 4. The summed E-state index contributed by atoms with van der Waals surface area (Å²) >= 11 is 1.40. The highest BCUT2D eigenvalue weighted by Gasteiger charge is 2.31. The molecule has 0 saturated heterocycles. The van der Waals surface area contributed by atoms with Crippen LogP contribution in [0.2, 0.25) is 0 Å². The smallest absolute Gasteiger partial charge is 0.233 e. The number of rotatable bonds is 7. The Morgan fingerprint density at radius 1 is 1.14 bits per heavy atom. The van der Waals surface area contributed by atoms with Gasteiger partial charge in [0, 0.05) is 24.0 Å². The van der Waals surface area contributed by atoms with E-state index in [0.29, 0.717) is 6.04 Å². The lowest BCUT2D eigenvalue weighted by Crippen LogP contribution is -2.33. The molecular weight excluding hydrogens is 389 g/mol. The molecule has 3 aromatic rings. The van der Waals surface area contributed by atoms with Crippen molar-refractivity contribution in [2.24, 2.45) is 0 Å². The molecular formula is C21H22FN5OS. The Labute approximate surface area is 173 Å². The second-order valence-electron chi connectivity index (χ2n) is 7.19. The number of nitrogens with zero attached hydrogens (tertiary/aromatic N) is 4. The van der Waals surface area contributed by atoms with E-state index < -0.39 is 0 Å². The summed E-state index contributed by atoms with van der Waals surface area (Å²) in [6.45, 7) is 3.74. The summed E-state index contributed by atoms with van der Waals surface area (Å²) in [5, 5.41) is 12.1. The van der Waals surface area contributed by atoms with Crippen molar-refractivity contribution in [3.05, 3.63) is 60.2 Å². The summed E-state index contributed by atoms with van der Waals surface area (Å²) in [4.78, 5) is 16.8. The minimum absolute atomic E-state index is 0.0948. The van der Waals surface area contributed by atoms with Crippen molar-refractivity contribution in [2.45, 2.75) is 49.2 Å². The summed E-state index contributed by atoms with van der Waals surface area (Å²) in [5.41, 5.74) is 1.83. The first-order chi connectivity index (χ1) is 14.0. The molecule has 0 radical (unpaired) electrons. The van der Waals surface area contributed by atoms with Crippen molar-refractivity contribution in [3.8, 4) is 11.4 Å². The van der Waals surface area contributed by atoms with Gasteiger partial charge in [0.2, 0.25) is 5.91 Å². The van der Waals surface area contributed by atoms with E-state index in [4.69, 9.17) is 0 Å². The Morgan fingerprint density at radius 3 is 2.48 bits per heavy atom. The van der Waals surface area contributed by atoms with E-state index >= 15 is 0 Å². The van der Waals surface area contributed by atoms with Crippen molar-refractivity contribution < 1.29 is 9.18 Å². The second-order valence-corrected chi connectivity index (χ2v) is 8.49. The molecule has 1 N–H and O–H groups in total. The fourth-order valence-electron chi connectivity index (χ4n) is 3.09. The fourth-order valence-corrected chi connectivity index (χ4v) is 4.02. The Hall–Kier alpha value is -2.74. The minimum Gasteiger partial charge on any atom is -0.349 e. The molecule has 1 amide bonds. The van der Waals surface area contributed by atoms with Crippen LogP contribution >= 0.6 is 11.8 Å². The van der Waals surface area contributed by atoms with E-state index in [1.54, 1.807) is 24.5 Å². The number of hydrogen-bond donors (Lipinski definition) is 1. The third kappa shape index (κ3) is 4.48. The monoisotopic (exact) mass is 411 g/mol. The first kappa shape index (κ1) is 19.6. The van der Waals surface area contributed by atoms with Crippen molar-refractivity contribution in [1.82, 2.24) is 25.1 Å². The Morgan fingerprint density at radius 2 is 1.83 bits per heavy atom. The van der Waals surface area contributed by atoms with E-state index in [0.717, 1.165) is 34.9 Å². The van der Waals surface area contributed by atoms with Crippen LogP contribution in [-0.4, -0.2) is 30.9 Å². The van der Waals surface area contributed by atoms with Gasteiger partial charge in [-0.25, -0.2) is 4.39 Å². The van der Waals surface area contributed by atoms with Crippen molar-refractivity contribution in [2.75, 3.05) is 0 Å². The van der Waals surface area contributed by atoms with Crippen LogP contribution in [0.25, 0.3) is 11.4 Å². The van der Waals surface area contributed by atoms with Gasteiger partial charge in [0.05, 0.1) is 11.3 Å². The molecule has 2 atom stereocenters. The SMILES string of the molecule is C[C@H](Sc1nnc(-c2ccncc2)n1C1CC1)C(=O)N[C@H](C)c1ccc(F)cc1. The van der Waals surface area contributed by atoms with Crippen LogP contribution in [0.15, 0.2) is 53.9 Å². The molecule has 1 aromatic carbocycles. The van der Waals surface area contributed by atoms with Gasteiger partial charge in [0.1, 0.15) is 5.82 Å². The third-order valence-corrected chi connectivity index (χ3v) is 5.95. The number of pyridine rings is 1. The number of hydrogen-bond acceptors (Lipinski definition) is 5. The van der Waals surface area contributed by atoms with Crippen LogP contribution < -0.4 is 5.32 Å². The number of thioether (sulfide) groups is 1. The predicted molar refractivity (Wildman–Crippen MR) is 110 cm³/mol. The van der Waals surface area contributed by atoms with Crippen LogP contribution in [0.4, 0.5) is 4.39 Å². The highest BCUT2D eigenvalue weighted by atomic mass is 32.2. The molecule has 29 heavy (non-hydrogen) atoms. The number of carbonyl (C=O) groups is 1. The maximum absolute atomic E-state index is 13.1. The fraction of sp³-hybridized carbons (Fsp3) is 0.333. The van der Waals surface area contributed by atoms with Gasteiger partial charge in [0.15, 0.2) is 11.0 Å². The molecule has 1 aliphatic carbocycles. The highest BCUT2D eigenvalue weighted by Crippen LogP contribution is 2.41. The summed E-state index contributed by atoms with van der Waals surface area (Å²) < 4.78 is 15.2. The Bertz CT molecular complexity index is 988. The molecule has 1 saturated carbocycles. The average Bonchev–Trinajstić information content (AvgIpc) is 3.49. The maximum atomic E-state index is 13.1. The van der Waals surface area contributed by atoms with E-state index in [-0.39, 0.29) is 23.0 Å². The van der Waals surface area contributed by atoms with Gasteiger partial charge >= 0.3 is 0 Å². The van der Waals surface area contributed by atoms with Crippen LogP contribution in [0.1, 0.15) is 44.3 Å². The summed E-state index contributed by atoms with van der Waals surface area (Å²) in [5.74, 6) is 0.424. The molecule has 2 heterocycles. The van der Waals surface area contributed by atoms with Gasteiger partial charge < -0.3 is 5.32 Å². The Balaban J connectivity index is 1.47. The number of benzene rings is 1. The van der Waals surface area contributed by atoms with E-state index in [1.807, 2.05) is 26.0 Å². The molecule has 0 aliphatic heterocycles. The maximum Gasteiger partial charge on any atom is 0.233 e. The second kappa shape index (κ2) is 8.32. The van der Waals surface area contributed by atoms with Gasteiger partial charge in [0.25, 0.3) is 0 Å². The molecule has 0 unspecified atom stereocenters. The zero-order valence-corrected chi connectivity index (χ0v) is 17.1. The third-order valence-electron chi connectivity index (χ3n) is 4.90. The predicted octanol–water partition coefficient (Wildman–Crippen LogP) is 4.17. The number of nitrogens with one attached hydrogen (secondary N) is 1. The number of carbonyl (C=O) groups excluding carboxylic acids is 1. The zero-order valence-electron chi connectivity index (χ0n) is 16.2. The van der Waals surface area contributed by atoms with Crippen LogP contribution in [0.3, 0.4) is 0 Å². The summed E-state index contributed by atoms with van der Waals surface area (Å²) in [6.07, 6.45) is 5.65. The molecule has 6 nitrogen and oxygen atoms in total. The standard InChI is InChI=1S/C21H22FN5OS/c1-13(15-3-5-17(22)6-4-15)24-20(28)14(2)29-21-26-25-19(27(21)18-7-8-18)16-9-11-23-12-10-16/h3-6,9-14,18H,7-8H2,1-2H3,(H,24,28)/t13-,14+/m1/s1. The minimum atomic E-state index is -0.343. The van der Waals surface area contributed by atoms with Crippen LogP contribution in [-0.2, 0) is 4.79 Å². The first-order valence-electron chi connectivity index (χ1n) is 9.60. The molecule has 0 bridgehead atoms. The van der Waals surface area contributed by atoms with E-state index in [1.165, 1.54) is 23.9 Å². The van der Waals surface area contributed by atoms with Crippen LogP contribution in [0.5, 0.6) is 0 Å². The lowest BCUT2D eigenvalue weighted by molar-refractivity contribution is -0.120. The molecule has 1 aliphatic rings. The summed E-state index contributed by atoms with van der Waals surface area (Å²) in [7, 11) is 0. The molecule has 1 fully saturated rings. The summed E-state index contributed by atoms with van der Waals surface area (Å²) in [6, 6.07) is 10.2. The lowest BCUT2D eigenvalue weighted by atomic mass is 10.1. The zero-order chi connectivity index (χ0) is 20.4. The highest BCUT2D eigenvalue weighted by molar-refractivity contribution is 8.00. The van der Waals surface area contributed by atoms with Crippen molar-refractivity contribution in [1.29, 1.82) is 0 Å². The quantitative estimate of drug-likeness (QED) is 0.591. The molecule has 8 heteroatoms. The number of amides is 1. The van der Waals surface area contributed by atoms with Gasteiger partial charge in [-0.1, -0.05) is 23.9 Å². The van der Waals surface area contributed by atoms with E-state index in [2.05, 4.69) is 25.1 Å². The van der Waals surface area contributed by atoms with Gasteiger partial charge in [-0.3, -0.25) is 14.3 Å². The lowest BCUT2D eigenvalue weighted by Gasteiger charge is -2.18. The van der Waals surface area contributed by atoms with Gasteiger partial charge in [-0.15, -0.1) is 10.2 Å². The first-order valence-corrected chi connectivity index (χ1v) is 10.5. The average molecular weight is 412 g/mol. The normalized spacial score (nSPS) is 15.7. The van der Waals surface area contributed by atoms with Crippen LogP contribution in [0, 0.1) is 5.82 Å². The van der Waals surface area contributed by atoms with Gasteiger partial charge in [-0.05, 0) is 56.5 Å². The van der Waals surface area contributed by atoms with Crippen molar-refractivity contribution in [3.63, 3.8) is 0 Å². The topological polar surface area (TPSA) is 72.7 Å². The molecule has 4 rings (SSSR count). The number of halogens is 1. The largest absolute Gasteiger partial charge is 0.349 e. The van der Waals surface area contributed by atoms with Crippen molar-refractivity contribution >= 4 is 17.7 Å². The Kier molecular flexibility index (Phi) is 5.62.